The maximum atomic E-state index is 12.0. The maximum Gasteiger partial charge on any atom is 0.350 e. The van der Waals surface area contributed by atoms with Crippen LogP contribution in [0.5, 0.6) is 0 Å². The van der Waals surface area contributed by atoms with Gasteiger partial charge in [0.15, 0.2) is 0 Å². The average molecular weight is 259 g/mol. The van der Waals surface area contributed by atoms with Crippen molar-refractivity contribution in [2.24, 2.45) is 0 Å². The summed E-state index contributed by atoms with van der Waals surface area (Å²) in [4.78, 5) is 11.3. The Bertz CT molecular complexity index is 348. The highest BCUT2D eigenvalue weighted by Crippen LogP contribution is 2.10. The molecule has 16 heavy (non-hydrogen) atoms. The fraction of sp³-hybridized carbons (Fsp3) is 0.875. The predicted molar refractivity (Wildman–Crippen MR) is 53.4 cm³/mol. The number of hydrogen-bond acceptors (Lipinski definition) is 4. The number of halogens is 2. The lowest BCUT2D eigenvalue weighted by atomic mass is 10.2. The number of nitrogens with one attached hydrogen (secondary N) is 1. The van der Waals surface area contributed by atoms with Gasteiger partial charge < -0.3 is 4.74 Å². The van der Waals surface area contributed by atoms with E-state index in [1.54, 1.807) is 20.8 Å². The highest BCUT2D eigenvalue weighted by Gasteiger charge is 2.30. The zero-order valence-corrected chi connectivity index (χ0v) is 10.3. The van der Waals surface area contributed by atoms with Gasteiger partial charge in [-0.15, -0.1) is 0 Å². The first kappa shape index (κ1) is 15.2. The van der Waals surface area contributed by atoms with Gasteiger partial charge in [-0.25, -0.2) is 8.42 Å². The highest BCUT2D eigenvalue weighted by atomic mass is 32.2. The molecule has 0 aliphatic rings. The lowest BCUT2D eigenvalue weighted by molar-refractivity contribution is -0.156. The quantitative estimate of drug-likeness (QED) is 0.760. The van der Waals surface area contributed by atoms with E-state index in [-0.39, 0.29) is 0 Å². The Morgan fingerprint density at radius 2 is 1.75 bits per heavy atom. The highest BCUT2D eigenvalue weighted by molar-refractivity contribution is 7.89. The average Bonchev–Trinajstić information content (AvgIpc) is 1.99. The Morgan fingerprint density at radius 3 is 2.06 bits per heavy atom. The molecule has 0 radical (unpaired) electrons. The van der Waals surface area contributed by atoms with Crippen LogP contribution in [-0.4, -0.2) is 31.8 Å². The number of ether oxygens (including phenoxy) is 1. The van der Waals surface area contributed by atoms with Crippen molar-refractivity contribution in [3.63, 3.8) is 0 Å². The molecule has 0 spiro atoms. The minimum Gasteiger partial charge on any atom is -0.459 e. The van der Waals surface area contributed by atoms with E-state index in [2.05, 4.69) is 0 Å². The first-order valence-electron chi connectivity index (χ1n) is 4.48. The Balaban J connectivity index is 4.50. The molecule has 0 rings (SSSR count). The summed E-state index contributed by atoms with van der Waals surface area (Å²) >= 11 is 0. The summed E-state index contributed by atoms with van der Waals surface area (Å²) in [5.41, 5.74) is -0.804. The molecule has 0 aliphatic heterocycles. The zero-order valence-electron chi connectivity index (χ0n) is 9.45. The molecule has 96 valence electrons. The molecule has 0 aliphatic carbocycles. The summed E-state index contributed by atoms with van der Waals surface area (Å²) in [6.45, 7) is 5.88. The Morgan fingerprint density at radius 1 is 1.31 bits per heavy atom. The Labute approximate surface area is 93.2 Å². The number of carbonyl (C=O) groups is 1. The zero-order chi connectivity index (χ0) is 13.1. The SMILES string of the molecule is C[C@H](NS(=O)(=O)C(F)F)C(=O)OC(C)(C)C. The van der Waals surface area contributed by atoms with E-state index in [4.69, 9.17) is 4.74 Å². The molecular weight excluding hydrogens is 244 g/mol. The number of esters is 1. The molecular formula is C8H15F2NO4S. The van der Waals surface area contributed by atoms with Crippen molar-refractivity contribution < 1.29 is 26.7 Å². The lowest BCUT2D eigenvalue weighted by Gasteiger charge is -2.22. The van der Waals surface area contributed by atoms with Crippen molar-refractivity contribution in [1.82, 2.24) is 4.72 Å². The molecule has 0 saturated carbocycles. The van der Waals surface area contributed by atoms with Crippen LogP contribution in [0.1, 0.15) is 27.7 Å². The van der Waals surface area contributed by atoms with Crippen LogP contribution in [0.2, 0.25) is 0 Å². The number of carbonyl (C=O) groups excluding carboxylic acids is 1. The first-order chi connectivity index (χ1) is 6.96. The molecule has 8 heteroatoms. The molecule has 0 aromatic carbocycles. The standard InChI is InChI=1S/C8H15F2NO4S/c1-5(6(12)15-8(2,3)4)11-16(13,14)7(9)10/h5,7,11H,1-4H3/t5-/m0/s1. The van der Waals surface area contributed by atoms with Crippen LogP contribution in [-0.2, 0) is 19.6 Å². The minimum atomic E-state index is -4.78. The molecule has 0 saturated heterocycles. The second-order valence-electron chi connectivity index (χ2n) is 4.18. The van der Waals surface area contributed by atoms with Gasteiger partial charge in [0.1, 0.15) is 11.6 Å². The number of hydrogen-bond donors (Lipinski definition) is 1. The van der Waals surface area contributed by atoms with Gasteiger partial charge in [0.05, 0.1) is 0 Å². The van der Waals surface area contributed by atoms with Crippen molar-refractivity contribution in [3.05, 3.63) is 0 Å². The number of alkyl halides is 2. The third-order valence-corrected chi connectivity index (χ3v) is 2.49. The molecule has 1 N–H and O–H groups in total. The van der Waals surface area contributed by atoms with Gasteiger partial charge in [0.2, 0.25) is 0 Å². The minimum absolute atomic E-state index is 0.804. The normalized spacial score (nSPS) is 14.9. The predicted octanol–water partition coefficient (Wildman–Crippen LogP) is 0.859. The van der Waals surface area contributed by atoms with Crippen molar-refractivity contribution in [3.8, 4) is 0 Å². The van der Waals surface area contributed by atoms with E-state index in [0.717, 1.165) is 6.92 Å². The first-order valence-corrected chi connectivity index (χ1v) is 6.02. The third kappa shape index (κ3) is 5.36. The van der Waals surface area contributed by atoms with Crippen LogP contribution in [0.3, 0.4) is 0 Å². The Kier molecular flexibility index (Phi) is 4.81. The summed E-state index contributed by atoms with van der Waals surface area (Å²) in [5, 5.41) is 0. The molecule has 0 amide bonds. The lowest BCUT2D eigenvalue weighted by Crippen LogP contribution is -2.44. The van der Waals surface area contributed by atoms with Crippen LogP contribution >= 0.6 is 0 Å². The molecule has 0 aromatic heterocycles. The van der Waals surface area contributed by atoms with E-state index in [1.165, 1.54) is 4.72 Å². The number of rotatable bonds is 4. The second kappa shape index (κ2) is 5.05. The van der Waals surface area contributed by atoms with Crippen molar-refractivity contribution in [2.75, 3.05) is 0 Å². The van der Waals surface area contributed by atoms with Crippen LogP contribution in [0.15, 0.2) is 0 Å². The van der Waals surface area contributed by atoms with Gasteiger partial charge in [-0.05, 0) is 27.7 Å². The Hall–Kier alpha value is -0.760. The van der Waals surface area contributed by atoms with Gasteiger partial charge in [-0.1, -0.05) is 0 Å². The van der Waals surface area contributed by atoms with Crippen LogP contribution in [0, 0.1) is 0 Å². The van der Waals surface area contributed by atoms with E-state index in [1.807, 2.05) is 0 Å². The summed E-state index contributed by atoms with van der Waals surface area (Å²) in [5.74, 6) is -4.48. The summed E-state index contributed by atoms with van der Waals surface area (Å²) < 4.78 is 51.8. The van der Waals surface area contributed by atoms with Gasteiger partial charge in [0, 0.05) is 0 Å². The molecule has 1 atom stereocenters. The molecule has 0 bridgehead atoms. The van der Waals surface area contributed by atoms with Crippen molar-refractivity contribution >= 4 is 16.0 Å². The maximum absolute atomic E-state index is 12.0. The summed E-state index contributed by atoms with van der Waals surface area (Å²) in [7, 11) is -4.78. The third-order valence-electron chi connectivity index (χ3n) is 1.34. The summed E-state index contributed by atoms with van der Waals surface area (Å²) in [6.07, 6.45) is 0. The largest absolute Gasteiger partial charge is 0.459 e. The van der Waals surface area contributed by atoms with E-state index in [0.29, 0.717) is 0 Å². The second-order valence-corrected chi connectivity index (χ2v) is 5.86. The number of sulfonamides is 1. The van der Waals surface area contributed by atoms with Crippen LogP contribution in [0.25, 0.3) is 0 Å². The van der Waals surface area contributed by atoms with E-state index in [9.17, 15) is 22.0 Å². The van der Waals surface area contributed by atoms with Crippen molar-refractivity contribution in [1.29, 1.82) is 0 Å². The summed E-state index contributed by atoms with van der Waals surface area (Å²) in [6, 6.07) is -1.35. The topological polar surface area (TPSA) is 72.5 Å². The fourth-order valence-corrected chi connectivity index (χ4v) is 1.43. The fourth-order valence-electron chi connectivity index (χ4n) is 0.736. The van der Waals surface area contributed by atoms with E-state index < -0.39 is 33.4 Å². The van der Waals surface area contributed by atoms with Gasteiger partial charge >= 0.3 is 11.7 Å². The monoisotopic (exact) mass is 259 g/mol. The van der Waals surface area contributed by atoms with Crippen molar-refractivity contribution in [2.45, 2.75) is 45.1 Å². The molecule has 0 heterocycles. The molecule has 0 aromatic rings. The van der Waals surface area contributed by atoms with Gasteiger partial charge in [-0.2, -0.15) is 13.5 Å². The molecule has 0 fully saturated rings. The van der Waals surface area contributed by atoms with E-state index >= 15 is 0 Å². The molecule has 0 unspecified atom stereocenters. The van der Waals surface area contributed by atoms with Crippen LogP contribution in [0.4, 0.5) is 8.78 Å². The van der Waals surface area contributed by atoms with Gasteiger partial charge in [0.25, 0.3) is 10.0 Å². The van der Waals surface area contributed by atoms with Gasteiger partial charge in [-0.3, -0.25) is 4.79 Å². The smallest absolute Gasteiger partial charge is 0.350 e. The van der Waals surface area contributed by atoms with Crippen LogP contribution < -0.4 is 4.72 Å². The molecule has 5 nitrogen and oxygen atoms in total.